The van der Waals surface area contributed by atoms with Crippen LogP contribution in [-0.2, 0) is 0 Å². The lowest BCUT2D eigenvalue weighted by Gasteiger charge is -2.18. The van der Waals surface area contributed by atoms with E-state index in [9.17, 15) is 9.59 Å². The molecule has 8 nitrogen and oxygen atoms in total. The number of carbonyl (C=O) groups excluding carboxylic acids is 1. The molecule has 1 atom stereocenters. The van der Waals surface area contributed by atoms with Crippen molar-refractivity contribution < 1.29 is 14.3 Å². The summed E-state index contributed by atoms with van der Waals surface area (Å²) >= 11 is 6.20. The summed E-state index contributed by atoms with van der Waals surface area (Å²) in [5, 5.41) is 15.2. The maximum absolute atomic E-state index is 13.8. The molecule has 0 saturated carbocycles. The van der Waals surface area contributed by atoms with Crippen LogP contribution in [-0.4, -0.2) is 46.6 Å². The van der Waals surface area contributed by atoms with E-state index in [2.05, 4.69) is 15.5 Å². The Morgan fingerprint density at radius 2 is 1.80 bits per heavy atom. The summed E-state index contributed by atoms with van der Waals surface area (Å²) in [6, 6.07) is 24.5. The molecule has 41 heavy (non-hydrogen) atoms. The molecule has 2 N–H and O–H groups in total. The number of hydrogen-bond donors (Lipinski definition) is 2. The number of nitrogens with one attached hydrogen (secondary N) is 1. The lowest BCUT2D eigenvalue weighted by Crippen LogP contribution is -2.41. The topological polar surface area (TPSA) is 102 Å². The van der Waals surface area contributed by atoms with E-state index in [1.54, 1.807) is 13.2 Å². The number of aromatic nitrogens is 3. The van der Waals surface area contributed by atoms with Gasteiger partial charge in [-0.2, -0.15) is 0 Å². The van der Waals surface area contributed by atoms with E-state index in [1.165, 1.54) is 0 Å². The van der Waals surface area contributed by atoms with Crippen molar-refractivity contribution in [3.05, 3.63) is 112 Å². The van der Waals surface area contributed by atoms with Crippen LogP contribution in [0.5, 0.6) is 5.75 Å². The normalized spacial score (nSPS) is 14.6. The van der Waals surface area contributed by atoms with Gasteiger partial charge in [0.15, 0.2) is 12.0 Å². The van der Waals surface area contributed by atoms with Gasteiger partial charge in [-0.05, 0) is 78.4 Å². The molecule has 2 heterocycles. The largest absolute Gasteiger partial charge is 0.497 e. The molecule has 10 heteroatoms. The minimum atomic E-state index is -2.64. The van der Waals surface area contributed by atoms with Gasteiger partial charge in [-0.15, -0.1) is 10.2 Å². The second-order valence-electron chi connectivity index (χ2n) is 10.5. The number of benzene rings is 4. The van der Waals surface area contributed by atoms with Crippen LogP contribution in [0.4, 0.5) is 0 Å². The molecular weight excluding hydrogens is 554 g/mol. The van der Waals surface area contributed by atoms with E-state index >= 15 is 0 Å². The van der Waals surface area contributed by atoms with E-state index in [4.69, 9.17) is 21.3 Å². The summed E-state index contributed by atoms with van der Waals surface area (Å²) in [7, 11) is -1.02. The van der Waals surface area contributed by atoms with Gasteiger partial charge in [-0.3, -0.25) is 14.4 Å². The van der Waals surface area contributed by atoms with Crippen molar-refractivity contribution in [2.45, 2.75) is 26.2 Å². The standard InChI is InChI=1S/C31H28ClN5O3Si/c1-18-35-36-30-29(34-31(38)21-9-8-19-6-5-7-27(24(19)16-21)41(3,4)39)33-28(20-10-12-22(32)13-11-20)25-17-23(40-2)14-15-26(25)37(18)30/h5-17,29,39H,1-4H3,(H,34,38). The number of fused-ring (bicyclic) bond motifs is 4. The van der Waals surface area contributed by atoms with E-state index in [0.29, 0.717) is 33.7 Å². The average molecular weight is 582 g/mol. The van der Waals surface area contributed by atoms with Crippen molar-refractivity contribution in [3.63, 3.8) is 0 Å². The quantitative estimate of drug-likeness (QED) is 0.282. The lowest BCUT2D eigenvalue weighted by molar-refractivity contribution is 0.0936. The molecule has 0 fully saturated rings. The van der Waals surface area contributed by atoms with E-state index in [1.807, 2.05) is 97.4 Å². The highest BCUT2D eigenvalue weighted by molar-refractivity contribution is 6.85. The smallest absolute Gasteiger partial charge is 0.253 e. The van der Waals surface area contributed by atoms with Crippen molar-refractivity contribution in [2.75, 3.05) is 7.11 Å². The highest BCUT2D eigenvalue weighted by atomic mass is 35.5. The Hall–Kier alpha value is -4.31. The van der Waals surface area contributed by atoms with Gasteiger partial charge < -0.3 is 14.8 Å². The number of amides is 1. The summed E-state index contributed by atoms with van der Waals surface area (Å²) in [6.45, 7) is 5.60. The molecule has 1 aromatic heterocycles. The Morgan fingerprint density at radius 3 is 2.54 bits per heavy atom. The van der Waals surface area contributed by atoms with Crippen LogP contribution < -0.4 is 15.2 Å². The van der Waals surface area contributed by atoms with E-state index in [-0.39, 0.29) is 5.91 Å². The summed E-state index contributed by atoms with van der Waals surface area (Å²) in [4.78, 5) is 29.7. The van der Waals surface area contributed by atoms with Crippen molar-refractivity contribution in [3.8, 4) is 11.4 Å². The van der Waals surface area contributed by atoms with Gasteiger partial charge in [0.25, 0.3) is 5.91 Å². The van der Waals surface area contributed by atoms with Gasteiger partial charge in [0.05, 0.1) is 18.5 Å². The Kier molecular flexibility index (Phi) is 6.73. The van der Waals surface area contributed by atoms with Crippen LogP contribution in [0.25, 0.3) is 16.5 Å². The number of halogens is 1. The predicted molar refractivity (Wildman–Crippen MR) is 163 cm³/mol. The number of aryl methyl sites for hydroxylation is 1. The number of ether oxygens (including phenoxy) is 1. The van der Waals surface area contributed by atoms with Crippen LogP contribution in [0.2, 0.25) is 18.1 Å². The minimum Gasteiger partial charge on any atom is -0.497 e. The third-order valence-electron chi connectivity index (χ3n) is 7.24. The zero-order chi connectivity index (χ0) is 28.9. The molecule has 6 rings (SSSR count). The average Bonchev–Trinajstić information content (AvgIpc) is 3.28. The number of rotatable bonds is 5. The fourth-order valence-corrected chi connectivity index (χ4v) is 6.73. The Bertz CT molecular complexity index is 1840. The number of nitrogens with zero attached hydrogens (tertiary/aromatic N) is 4. The van der Waals surface area contributed by atoms with E-state index < -0.39 is 14.5 Å². The first-order valence-electron chi connectivity index (χ1n) is 13.1. The van der Waals surface area contributed by atoms with Gasteiger partial charge in [-0.1, -0.05) is 48.0 Å². The van der Waals surface area contributed by atoms with E-state index in [0.717, 1.165) is 32.8 Å². The maximum atomic E-state index is 13.8. The second kappa shape index (κ2) is 10.3. The highest BCUT2D eigenvalue weighted by Gasteiger charge is 2.30. The molecule has 0 aliphatic carbocycles. The third kappa shape index (κ3) is 4.92. The zero-order valence-electron chi connectivity index (χ0n) is 23.0. The summed E-state index contributed by atoms with van der Waals surface area (Å²) in [5.41, 5.74) is 3.56. The first kappa shape index (κ1) is 26.9. The van der Waals surface area contributed by atoms with Crippen LogP contribution in [0.3, 0.4) is 0 Å². The Labute approximate surface area is 243 Å². The maximum Gasteiger partial charge on any atom is 0.253 e. The highest BCUT2D eigenvalue weighted by Crippen LogP contribution is 2.32. The number of hydrogen-bond acceptors (Lipinski definition) is 6. The Balaban J connectivity index is 1.49. The molecule has 0 radical (unpaired) electrons. The fourth-order valence-electron chi connectivity index (χ4n) is 5.23. The minimum absolute atomic E-state index is 0.320. The van der Waals surface area contributed by atoms with Crippen molar-refractivity contribution in [1.82, 2.24) is 20.1 Å². The molecule has 4 aromatic carbocycles. The van der Waals surface area contributed by atoms with Crippen molar-refractivity contribution in [1.29, 1.82) is 0 Å². The summed E-state index contributed by atoms with van der Waals surface area (Å²) in [6.07, 6.45) is -0.845. The zero-order valence-corrected chi connectivity index (χ0v) is 24.8. The molecule has 0 saturated heterocycles. The lowest BCUT2D eigenvalue weighted by atomic mass is 10.00. The van der Waals surface area contributed by atoms with Gasteiger partial charge in [-0.25, -0.2) is 0 Å². The number of methoxy groups -OCH3 is 1. The fraction of sp³-hybridized carbons (Fsp3) is 0.161. The molecule has 0 spiro atoms. The summed E-state index contributed by atoms with van der Waals surface area (Å²) < 4.78 is 7.45. The molecule has 1 aliphatic heterocycles. The van der Waals surface area contributed by atoms with Gasteiger partial charge in [0.2, 0.25) is 8.32 Å². The monoisotopic (exact) mass is 581 g/mol. The third-order valence-corrected chi connectivity index (χ3v) is 9.25. The first-order valence-corrected chi connectivity index (χ1v) is 16.5. The van der Waals surface area contributed by atoms with Crippen LogP contribution in [0.15, 0.2) is 83.9 Å². The Morgan fingerprint density at radius 1 is 1.02 bits per heavy atom. The SMILES string of the molecule is COc1ccc2c(c1)C(c1ccc(Cl)cc1)=NC(NC(=O)c1ccc3cccc([Si](C)(C)O)c3c1)c1nnc(C)n1-2. The second-order valence-corrected chi connectivity index (χ2v) is 14.6. The van der Waals surface area contributed by atoms with Gasteiger partial charge >= 0.3 is 0 Å². The number of aliphatic imine (C=N–C) groups is 1. The van der Waals surface area contributed by atoms with Gasteiger partial charge in [0.1, 0.15) is 11.6 Å². The molecular formula is C31H28ClN5O3Si. The number of carbonyl (C=O) groups is 1. The molecule has 0 bridgehead atoms. The van der Waals surface area contributed by atoms with Crippen molar-refractivity contribution >= 4 is 47.5 Å². The first-order chi connectivity index (χ1) is 19.6. The molecule has 5 aromatic rings. The molecule has 206 valence electrons. The van der Waals surface area contributed by atoms with Crippen LogP contribution >= 0.6 is 11.6 Å². The molecule has 1 amide bonds. The summed E-state index contributed by atoms with van der Waals surface area (Å²) in [5.74, 6) is 1.49. The van der Waals surface area contributed by atoms with Crippen LogP contribution in [0.1, 0.15) is 39.3 Å². The van der Waals surface area contributed by atoms with Gasteiger partial charge in [0, 0.05) is 21.7 Å². The van der Waals surface area contributed by atoms with Crippen LogP contribution in [0, 0.1) is 6.92 Å². The predicted octanol–water partition coefficient (Wildman–Crippen LogP) is 5.07. The molecule has 1 aliphatic rings. The van der Waals surface area contributed by atoms with Crippen molar-refractivity contribution in [2.24, 2.45) is 4.99 Å². The molecule has 1 unspecified atom stereocenters.